The Labute approximate surface area is 88.5 Å². The van der Waals surface area contributed by atoms with E-state index in [0.29, 0.717) is 4.83 Å². The van der Waals surface area contributed by atoms with Crippen LogP contribution in [0, 0.1) is 5.92 Å². The van der Waals surface area contributed by atoms with Gasteiger partial charge in [-0.2, -0.15) is 0 Å². The number of hydrogen-bond donors (Lipinski definition) is 0. The van der Waals surface area contributed by atoms with Crippen molar-refractivity contribution in [3.63, 3.8) is 0 Å². The third-order valence-electron chi connectivity index (χ3n) is 2.91. The van der Waals surface area contributed by atoms with Gasteiger partial charge < -0.3 is 0 Å². The molecule has 0 aromatic heterocycles. The Morgan fingerprint density at radius 2 is 2.15 bits per heavy atom. The number of rotatable bonds is 2. The van der Waals surface area contributed by atoms with Crippen molar-refractivity contribution in [2.24, 2.45) is 5.92 Å². The summed E-state index contributed by atoms with van der Waals surface area (Å²) in [7, 11) is 0. The van der Waals surface area contributed by atoms with E-state index in [1.165, 1.54) is 24.8 Å². The summed E-state index contributed by atoms with van der Waals surface area (Å²) in [6.45, 7) is 2.27. The molecule has 0 heterocycles. The lowest BCUT2D eigenvalue weighted by molar-refractivity contribution is 0.503. The quantitative estimate of drug-likeness (QED) is 0.681. The molecule has 2 unspecified atom stereocenters. The topological polar surface area (TPSA) is 0 Å². The minimum atomic E-state index is 0.601. The second kappa shape index (κ2) is 3.83. The molecule has 0 N–H and O–H groups in total. The van der Waals surface area contributed by atoms with Gasteiger partial charge in [-0.1, -0.05) is 53.5 Å². The first-order chi connectivity index (χ1) is 6.33. The molecular formula is C12H15Br. The highest BCUT2D eigenvalue weighted by molar-refractivity contribution is 9.09. The summed E-state index contributed by atoms with van der Waals surface area (Å²) in [5, 5.41) is 0. The SMILES string of the molecule is CCCC1Cc2ccccc2C1Br. The van der Waals surface area contributed by atoms with E-state index in [1.807, 2.05) is 0 Å². The largest absolute Gasteiger partial charge is 0.0836 e. The Hall–Kier alpha value is -0.300. The zero-order valence-electron chi connectivity index (χ0n) is 7.96. The first-order valence-corrected chi connectivity index (χ1v) is 5.96. The van der Waals surface area contributed by atoms with Gasteiger partial charge in [0.05, 0.1) is 0 Å². The van der Waals surface area contributed by atoms with Crippen LogP contribution in [0.1, 0.15) is 35.7 Å². The molecule has 2 atom stereocenters. The van der Waals surface area contributed by atoms with Gasteiger partial charge >= 0.3 is 0 Å². The van der Waals surface area contributed by atoms with E-state index in [9.17, 15) is 0 Å². The van der Waals surface area contributed by atoms with Crippen molar-refractivity contribution < 1.29 is 0 Å². The Morgan fingerprint density at radius 3 is 2.85 bits per heavy atom. The maximum Gasteiger partial charge on any atom is 0.0429 e. The zero-order chi connectivity index (χ0) is 9.26. The van der Waals surface area contributed by atoms with Gasteiger partial charge in [-0.05, 0) is 29.9 Å². The van der Waals surface area contributed by atoms with Crippen LogP contribution in [0.4, 0.5) is 0 Å². The molecule has 0 saturated carbocycles. The minimum Gasteiger partial charge on any atom is -0.0836 e. The fourth-order valence-corrected chi connectivity index (χ4v) is 3.15. The van der Waals surface area contributed by atoms with E-state index in [-0.39, 0.29) is 0 Å². The van der Waals surface area contributed by atoms with Gasteiger partial charge in [0.25, 0.3) is 0 Å². The fourth-order valence-electron chi connectivity index (χ4n) is 2.25. The van der Waals surface area contributed by atoms with E-state index < -0.39 is 0 Å². The molecule has 0 bridgehead atoms. The Bertz CT molecular complexity index is 293. The fraction of sp³-hybridized carbons (Fsp3) is 0.500. The van der Waals surface area contributed by atoms with Crippen molar-refractivity contribution in [1.82, 2.24) is 0 Å². The van der Waals surface area contributed by atoms with Gasteiger partial charge in [-0.15, -0.1) is 0 Å². The van der Waals surface area contributed by atoms with E-state index in [4.69, 9.17) is 0 Å². The molecule has 0 radical (unpaired) electrons. The van der Waals surface area contributed by atoms with Crippen LogP contribution in [0.3, 0.4) is 0 Å². The number of benzene rings is 1. The summed E-state index contributed by atoms with van der Waals surface area (Å²) in [5.74, 6) is 0.822. The third-order valence-corrected chi connectivity index (χ3v) is 4.15. The average Bonchev–Trinajstić information content (AvgIpc) is 2.46. The zero-order valence-corrected chi connectivity index (χ0v) is 9.55. The standard InChI is InChI=1S/C12H15Br/c1-2-5-10-8-9-6-3-4-7-11(9)12(10)13/h3-4,6-7,10,12H,2,5,8H2,1H3. The number of halogens is 1. The monoisotopic (exact) mass is 238 g/mol. The highest BCUT2D eigenvalue weighted by atomic mass is 79.9. The normalized spacial score (nSPS) is 26.0. The predicted molar refractivity (Wildman–Crippen MR) is 60.2 cm³/mol. The first kappa shape index (κ1) is 9.26. The van der Waals surface area contributed by atoms with Crippen LogP contribution < -0.4 is 0 Å². The summed E-state index contributed by atoms with van der Waals surface area (Å²) in [4.78, 5) is 0.601. The number of alkyl halides is 1. The molecule has 0 spiro atoms. The smallest absolute Gasteiger partial charge is 0.0429 e. The van der Waals surface area contributed by atoms with E-state index in [2.05, 4.69) is 47.1 Å². The van der Waals surface area contributed by atoms with Crippen molar-refractivity contribution in [1.29, 1.82) is 0 Å². The van der Waals surface area contributed by atoms with Crippen LogP contribution in [0.25, 0.3) is 0 Å². The summed E-state index contributed by atoms with van der Waals surface area (Å²) >= 11 is 3.80. The summed E-state index contributed by atoms with van der Waals surface area (Å²) in [6, 6.07) is 8.80. The molecule has 2 rings (SSSR count). The van der Waals surface area contributed by atoms with Gasteiger partial charge in [0.1, 0.15) is 0 Å². The molecule has 1 aromatic rings. The lowest BCUT2D eigenvalue weighted by atomic mass is 10.0. The van der Waals surface area contributed by atoms with Gasteiger partial charge in [0.2, 0.25) is 0 Å². The number of fused-ring (bicyclic) bond motifs is 1. The molecule has 13 heavy (non-hydrogen) atoms. The second-order valence-corrected chi connectivity index (χ2v) is 4.84. The highest BCUT2D eigenvalue weighted by Gasteiger charge is 2.28. The Morgan fingerprint density at radius 1 is 1.38 bits per heavy atom. The van der Waals surface area contributed by atoms with E-state index >= 15 is 0 Å². The maximum atomic E-state index is 3.80. The van der Waals surface area contributed by atoms with Crippen molar-refractivity contribution in [2.75, 3.05) is 0 Å². The van der Waals surface area contributed by atoms with Crippen LogP contribution in [-0.4, -0.2) is 0 Å². The summed E-state index contributed by atoms with van der Waals surface area (Å²) in [6.07, 6.45) is 3.89. The number of hydrogen-bond acceptors (Lipinski definition) is 0. The maximum absolute atomic E-state index is 3.80. The first-order valence-electron chi connectivity index (χ1n) is 5.04. The molecule has 0 aliphatic heterocycles. The Balaban J connectivity index is 2.22. The van der Waals surface area contributed by atoms with Gasteiger partial charge in [-0.25, -0.2) is 0 Å². The molecule has 1 aliphatic rings. The van der Waals surface area contributed by atoms with Crippen LogP contribution in [0.15, 0.2) is 24.3 Å². The molecule has 0 fully saturated rings. The molecule has 1 aliphatic carbocycles. The van der Waals surface area contributed by atoms with Gasteiger partial charge in [0, 0.05) is 4.83 Å². The minimum absolute atomic E-state index is 0.601. The highest BCUT2D eigenvalue weighted by Crippen LogP contribution is 2.43. The van der Waals surface area contributed by atoms with Crippen molar-refractivity contribution >= 4 is 15.9 Å². The van der Waals surface area contributed by atoms with Crippen molar-refractivity contribution in [3.8, 4) is 0 Å². The lowest BCUT2D eigenvalue weighted by Crippen LogP contribution is -2.00. The van der Waals surface area contributed by atoms with E-state index in [1.54, 1.807) is 5.56 Å². The van der Waals surface area contributed by atoms with Gasteiger partial charge in [-0.3, -0.25) is 0 Å². The molecule has 1 heteroatoms. The molecule has 70 valence electrons. The molecule has 0 nitrogen and oxygen atoms in total. The molecule has 0 amide bonds. The van der Waals surface area contributed by atoms with Gasteiger partial charge in [0.15, 0.2) is 0 Å². The van der Waals surface area contributed by atoms with Crippen LogP contribution >= 0.6 is 15.9 Å². The third kappa shape index (κ3) is 1.67. The Kier molecular flexibility index (Phi) is 2.73. The summed E-state index contributed by atoms with van der Waals surface area (Å²) in [5.41, 5.74) is 3.06. The summed E-state index contributed by atoms with van der Waals surface area (Å²) < 4.78 is 0. The average molecular weight is 239 g/mol. The van der Waals surface area contributed by atoms with Crippen molar-refractivity contribution in [2.45, 2.75) is 31.0 Å². The van der Waals surface area contributed by atoms with Crippen LogP contribution in [-0.2, 0) is 6.42 Å². The van der Waals surface area contributed by atoms with Crippen LogP contribution in [0.5, 0.6) is 0 Å². The molecule has 0 saturated heterocycles. The van der Waals surface area contributed by atoms with Crippen LogP contribution in [0.2, 0.25) is 0 Å². The second-order valence-electron chi connectivity index (χ2n) is 3.85. The lowest BCUT2D eigenvalue weighted by Gasteiger charge is -2.12. The molecule has 1 aromatic carbocycles. The predicted octanol–water partition coefficient (Wildman–Crippen LogP) is 4.10. The molecular weight excluding hydrogens is 224 g/mol. The van der Waals surface area contributed by atoms with E-state index in [0.717, 1.165) is 5.92 Å². The van der Waals surface area contributed by atoms with Crippen molar-refractivity contribution in [3.05, 3.63) is 35.4 Å².